The number of rotatable bonds is 3. The number of anilines is 2. The van der Waals surface area contributed by atoms with Gasteiger partial charge in [0, 0.05) is 37.6 Å². The van der Waals surface area contributed by atoms with Gasteiger partial charge in [0.25, 0.3) is 0 Å². The van der Waals surface area contributed by atoms with Gasteiger partial charge in [-0.05, 0) is 25.8 Å². The Morgan fingerprint density at radius 3 is 2.95 bits per heavy atom. The molecule has 0 bridgehead atoms. The van der Waals surface area contributed by atoms with Gasteiger partial charge in [-0.2, -0.15) is 0 Å². The number of aryl methyl sites for hydroxylation is 1. The zero-order valence-electron chi connectivity index (χ0n) is 12.3. The third-order valence-corrected chi connectivity index (χ3v) is 3.46. The number of urea groups is 1. The largest absolute Gasteiger partial charge is 0.360 e. The summed E-state index contributed by atoms with van der Waals surface area (Å²) in [4.78, 5) is 22.6. The van der Waals surface area contributed by atoms with Gasteiger partial charge in [-0.15, -0.1) is 0 Å². The number of carbonyl (C=O) groups is 1. The Labute approximate surface area is 127 Å². The fourth-order valence-electron chi connectivity index (χ4n) is 2.49. The normalized spacial score (nSPS) is 18.0. The highest BCUT2D eigenvalue weighted by Crippen LogP contribution is 2.15. The van der Waals surface area contributed by atoms with Gasteiger partial charge in [-0.3, -0.25) is 5.32 Å². The first-order chi connectivity index (χ1) is 10.7. The maximum Gasteiger partial charge on any atom is 0.320 e. The minimum atomic E-state index is -0.283. The molecule has 0 radical (unpaired) electrons. The van der Waals surface area contributed by atoms with Crippen LogP contribution in [0.3, 0.4) is 0 Å². The molecule has 116 valence electrons. The molecule has 2 N–H and O–H groups in total. The Bertz CT molecular complexity index is 629. The van der Waals surface area contributed by atoms with Crippen LogP contribution in [0.15, 0.2) is 29.0 Å². The van der Waals surface area contributed by atoms with Gasteiger partial charge in [-0.25, -0.2) is 14.8 Å². The summed E-state index contributed by atoms with van der Waals surface area (Å²) < 4.78 is 4.91. The number of hydrogen-bond donors (Lipinski definition) is 2. The lowest BCUT2D eigenvalue weighted by molar-refractivity contribution is 0.246. The van der Waals surface area contributed by atoms with Crippen LogP contribution in [-0.2, 0) is 0 Å². The molecule has 22 heavy (non-hydrogen) atoms. The molecule has 3 rings (SSSR count). The van der Waals surface area contributed by atoms with Crippen LogP contribution in [0.4, 0.5) is 16.6 Å². The van der Waals surface area contributed by atoms with E-state index >= 15 is 0 Å². The number of nitrogens with one attached hydrogen (secondary N) is 2. The Hall–Kier alpha value is -2.64. The van der Waals surface area contributed by atoms with Crippen molar-refractivity contribution in [2.45, 2.75) is 25.8 Å². The number of aromatic nitrogens is 3. The lowest BCUT2D eigenvalue weighted by atomic mass is 10.1. The minimum Gasteiger partial charge on any atom is -0.360 e. The van der Waals surface area contributed by atoms with Crippen molar-refractivity contribution in [2.75, 3.05) is 23.3 Å². The van der Waals surface area contributed by atoms with Crippen LogP contribution in [0.2, 0.25) is 0 Å². The summed E-state index contributed by atoms with van der Waals surface area (Å²) >= 11 is 0. The van der Waals surface area contributed by atoms with E-state index in [1.54, 1.807) is 31.5 Å². The fourth-order valence-corrected chi connectivity index (χ4v) is 2.49. The lowest BCUT2D eigenvalue weighted by Crippen LogP contribution is -2.49. The van der Waals surface area contributed by atoms with Crippen molar-refractivity contribution in [1.29, 1.82) is 0 Å². The second kappa shape index (κ2) is 6.42. The van der Waals surface area contributed by atoms with Gasteiger partial charge in [0.05, 0.1) is 0 Å². The molecule has 3 heterocycles. The zero-order valence-corrected chi connectivity index (χ0v) is 12.3. The van der Waals surface area contributed by atoms with Crippen LogP contribution in [0, 0.1) is 6.92 Å². The summed E-state index contributed by atoms with van der Waals surface area (Å²) in [5.74, 6) is 1.76. The molecular weight excluding hydrogens is 284 g/mol. The quantitative estimate of drug-likeness (QED) is 0.893. The van der Waals surface area contributed by atoms with E-state index in [0.29, 0.717) is 24.1 Å². The highest BCUT2D eigenvalue weighted by Gasteiger charge is 2.23. The first kappa shape index (κ1) is 14.3. The second-order valence-corrected chi connectivity index (χ2v) is 5.26. The van der Waals surface area contributed by atoms with Gasteiger partial charge < -0.3 is 14.7 Å². The molecule has 0 saturated carbocycles. The summed E-state index contributed by atoms with van der Waals surface area (Å²) in [5.41, 5.74) is 0. The predicted molar refractivity (Wildman–Crippen MR) is 80.7 cm³/mol. The van der Waals surface area contributed by atoms with Crippen molar-refractivity contribution in [3.05, 3.63) is 30.3 Å². The average Bonchev–Trinajstić information content (AvgIpc) is 2.93. The first-order valence-electron chi connectivity index (χ1n) is 7.23. The average molecular weight is 302 g/mol. The van der Waals surface area contributed by atoms with E-state index in [0.717, 1.165) is 19.4 Å². The number of amides is 2. The van der Waals surface area contributed by atoms with E-state index in [2.05, 4.69) is 30.7 Å². The Morgan fingerprint density at radius 1 is 1.41 bits per heavy atom. The molecule has 0 aliphatic carbocycles. The molecule has 1 aliphatic rings. The smallest absolute Gasteiger partial charge is 0.320 e. The molecule has 0 spiro atoms. The number of carbonyl (C=O) groups excluding carboxylic acids is 1. The third kappa shape index (κ3) is 3.51. The molecule has 2 aromatic heterocycles. The molecule has 0 unspecified atom stereocenters. The van der Waals surface area contributed by atoms with Crippen LogP contribution in [0.5, 0.6) is 0 Å². The SMILES string of the molecule is Cc1cc(NC(=O)N[C@@H]2CCCN(c3ncccn3)C2)no1. The Morgan fingerprint density at radius 2 is 2.23 bits per heavy atom. The van der Waals surface area contributed by atoms with Crippen molar-refractivity contribution < 1.29 is 9.32 Å². The van der Waals surface area contributed by atoms with E-state index in [4.69, 9.17) is 4.52 Å². The highest BCUT2D eigenvalue weighted by atomic mass is 16.5. The summed E-state index contributed by atoms with van der Waals surface area (Å²) in [6.07, 6.45) is 5.35. The van der Waals surface area contributed by atoms with Crippen molar-refractivity contribution in [2.24, 2.45) is 0 Å². The van der Waals surface area contributed by atoms with Crippen LogP contribution in [0.1, 0.15) is 18.6 Å². The van der Waals surface area contributed by atoms with Gasteiger partial charge in [0.15, 0.2) is 5.82 Å². The van der Waals surface area contributed by atoms with Gasteiger partial charge in [-0.1, -0.05) is 5.16 Å². The monoisotopic (exact) mass is 302 g/mol. The number of nitrogens with zero attached hydrogens (tertiary/aromatic N) is 4. The Balaban J connectivity index is 1.55. The molecule has 1 saturated heterocycles. The lowest BCUT2D eigenvalue weighted by Gasteiger charge is -2.32. The zero-order chi connectivity index (χ0) is 15.4. The van der Waals surface area contributed by atoms with Crippen molar-refractivity contribution in [3.63, 3.8) is 0 Å². The van der Waals surface area contributed by atoms with Crippen LogP contribution >= 0.6 is 0 Å². The van der Waals surface area contributed by atoms with Gasteiger partial charge in [0.2, 0.25) is 5.95 Å². The molecule has 2 amide bonds. The third-order valence-electron chi connectivity index (χ3n) is 3.46. The van der Waals surface area contributed by atoms with Crippen LogP contribution in [0.25, 0.3) is 0 Å². The van der Waals surface area contributed by atoms with E-state index in [-0.39, 0.29) is 12.1 Å². The summed E-state index contributed by atoms with van der Waals surface area (Å²) in [6.45, 7) is 3.36. The molecule has 8 heteroatoms. The van der Waals surface area contributed by atoms with Gasteiger partial charge in [0.1, 0.15) is 5.76 Å². The van der Waals surface area contributed by atoms with Crippen molar-refractivity contribution in [3.8, 4) is 0 Å². The standard InChI is InChI=1S/C14H18N6O2/c1-10-8-12(19-22-10)18-14(21)17-11-4-2-7-20(9-11)13-15-5-3-6-16-13/h3,5-6,8,11H,2,4,7,9H2,1H3,(H2,17,18,19,21)/t11-/m1/s1. The summed E-state index contributed by atoms with van der Waals surface area (Å²) in [6, 6.07) is 3.22. The van der Waals surface area contributed by atoms with Crippen LogP contribution in [-0.4, -0.2) is 40.3 Å². The maximum atomic E-state index is 12.0. The first-order valence-corrected chi connectivity index (χ1v) is 7.23. The van der Waals surface area contributed by atoms with E-state index in [1.807, 2.05) is 0 Å². The molecule has 0 aromatic carbocycles. The minimum absolute atomic E-state index is 0.0468. The maximum absolute atomic E-state index is 12.0. The number of piperidine rings is 1. The van der Waals surface area contributed by atoms with Crippen LogP contribution < -0.4 is 15.5 Å². The van der Waals surface area contributed by atoms with E-state index in [9.17, 15) is 4.79 Å². The number of hydrogen-bond acceptors (Lipinski definition) is 6. The topological polar surface area (TPSA) is 96.2 Å². The second-order valence-electron chi connectivity index (χ2n) is 5.26. The molecular formula is C14H18N6O2. The summed E-state index contributed by atoms with van der Waals surface area (Å²) in [7, 11) is 0. The molecule has 8 nitrogen and oxygen atoms in total. The molecule has 1 atom stereocenters. The highest BCUT2D eigenvalue weighted by molar-refractivity contribution is 5.88. The molecule has 1 aliphatic heterocycles. The Kier molecular flexibility index (Phi) is 4.17. The van der Waals surface area contributed by atoms with Crippen molar-refractivity contribution in [1.82, 2.24) is 20.4 Å². The van der Waals surface area contributed by atoms with Gasteiger partial charge >= 0.3 is 6.03 Å². The van der Waals surface area contributed by atoms with E-state index < -0.39 is 0 Å². The summed E-state index contributed by atoms with van der Waals surface area (Å²) in [5, 5.41) is 9.34. The van der Waals surface area contributed by atoms with Crippen molar-refractivity contribution >= 4 is 17.8 Å². The molecule has 2 aromatic rings. The molecule has 1 fully saturated rings. The predicted octanol–water partition coefficient (Wildman–Crippen LogP) is 1.56. The van der Waals surface area contributed by atoms with E-state index in [1.165, 1.54) is 0 Å². The fraction of sp³-hybridized carbons (Fsp3) is 0.429.